The Morgan fingerprint density at radius 2 is 2.37 bits per heavy atom. The second kappa shape index (κ2) is 6.91. The van der Waals surface area contributed by atoms with E-state index in [1.807, 2.05) is 23.2 Å². The molecule has 0 radical (unpaired) electrons. The lowest BCUT2D eigenvalue weighted by Gasteiger charge is -2.14. The van der Waals surface area contributed by atoms with Gasteiger partial charge >= 0.3 is 0 Å². The fourth-order valence-corrected chi connectivity index (χ4v) is 2.84. The monoisotopic (exact) mass is 298 g/mol. The largest absolute Gasteiger partial charge is 0.350 e. The molecule has 1 amide bonds. The molecule has 5 nitrogen and oxygen atoms in total. The third kappa shape index (κ3) is 3.70. The van der Waals surface area contributed by atoms with Gasteiger partial charge < -0.3 is 5.32 Å². The van der Waals surface area contributed by atoms with Gasteiger partial charge in [-0.3, -0.25) is 14.4 Å². The zero-order chi connectivity index (χ0) is 13.7. The number of rotatable bonds is 7. The summed E-state index contributed by atoms with van der Waals surface area (Å²) in [5.74, 6) is 1.08. The number of hydrogen-bond donors (Lipinski definition) is 1. The number of nitrogens with one attached hydrogen (secondary N) is 1. The van der Waals surface area contributed by atoms with E-state index in [-0.39, 0.29) is 11.9 Å². The number of carbonyl (C=O) groups is 1. The van der Waals surface area contributed by atoms with E-state index in [4.69, 9.17) is 12.2 Å². The summed E-state index contributed by atoms with van der Waals surface area (Å²) in [5.41, 5.74) is 0. The number of aromatic nitrogens is 2. The van der Waals surface area contributed by atoms with Gasteiger partial charge in [0.2, 0.25) is 0 Å². The molecular formula is C12H18N4OS2. The van der Waals surface area contributed by atoms with Gasteiger partial charge in [-0.2, -0.15) is 16.9 Å². The van der Waals surface area contributed by atoms with Crippen LogP contribution in [0.2, 0.25) is 0 Å². The first-order valence-electron chi connectivity index (χ1n) is 6.30. The van der Waals surface area contributed by atoms with E-state index in [0.717, 1.165) is 25.1 Å². The molecule has 1 saturated heterocycles. The standard InChI is InChI=1S/C12H18N4OS2/c1-19-9-4-10-11(17)16(12(18)14-10)8-3-7-15-6-2-5-13-15/h2,5-6,10H,3-4,7-9H2,1H3,(H,14,18). The average Bonchev–Trinajstić information content (AvgIpc) is 2.99. The highest BCUT2D eigenvalue weighted by Crippen LogP contribution is 2.12. The van der Waals surface area contributed by atoms with Crippen LogP contribution in [0, 0.1) is 0 Å². The highest BCUT2D eigenvalue weighted by atomic mass is 32.2. The molecular weight excluding hydrogens is 280 g/mol. The molecule has 2 heterocycles. The van der Waals surface area contributed by atoms with Gasteiger partial charge in [-0.1, -0.05) is 0 Å². The minimum Gasteiger partial charge on any atom is -0.350 e. The van der Waals surface area contributed by atoms with E-state index in [9.17, 15) is 4.79 Å². The van der Waals surface area contributed by atoms with Crippen molar-refractivity contribution >= 4 is 35.0 Å². The van der Waals surface area contributed by atoms with E-state index in [2.05, 4.69) is 10.4 Å². The van der Waals surface area contributed by atoms with Gasteiger partial charge in [0.15, 0.2) is 5.11 Å². The van der Waals surface area contributed by atoms with E-state index in [0.29, 0.717) is 11.7 Å². The van der Waals surface area contributed by atoms with E-state index < -0.39 is 0 Å². The van der Waals surface area contributed by atoms with Crippen LogP contribution in [0.15, 0.2) is 18.5 Å². The molecule has 7 heteroatoms. The number of hydrogen-bond acceptors (Lipinski definition) is 4. The summed E-state index contributed by atoms with van der Waals surface area (Å²) in [5, 5.41) is 7.81. The highest BCUT2D eigenvalue weighted by molar-refractivity contribution is 7.98. The van der Waals surface area contributed by atoms with Crippen LogP contribution in [0.4, 0.5) is 0 Å². The van der Waals surface area contributed by atoms with E-state index in [1.165, 1.54) is 0 Å². The first-order valence-corrected chi connectivity index (χ1v) is 8.11. The van der Waals surface area contributed by atoms with Crippen LogP contribution in [0.5, 0.6) is 0 Å². The Bertz CT molecular complexity index is 435. The van der Waals surface area contributed by atoms with Crippen LogP contribution in [0.3, 0.4) is 0 Å². The van der Waals surface area contributed by atoms with Gasteiger partial charge in [0.05, 0.1) is 0 Å². The zero-order valence-electron chi connectivity index (χ0n) is 10.9. The summed E-state index contributed by atoms with van der Waals surface area (Å²) < 4.78 is 1.86. The molecule has 104 valence electrons. The van der Waals surface area contributed by atoms with Crippen molar-refractivity contribution in [3.8, 4) is 0 Å². The summed E-state index contributed by atoms with van der Waals surface area (Å²) in [6.07, 6.45) is 7.40. The highest BCUT2D eigenvalue weighted by Gasteiger charge is 2.34. The van der Waals surface area contributed by atoms with Gasteiger partial charge in [-0.05, 0) is 43.1 Å². The van der Waals surface area contributed by atoms with Crippen LogP contribution in [0.1, 0.15) is 12.8 Å². The fourth-order valence-electron chi connectivity index (χ4n) is 2.04. The van der Waals surface area contributed by atoms with Crippen molar-refractivity contribution in [2.75, 3.05) is 18.6 Å². The molecule has 2 rings (SSSR count). The summed E-state index contributed by atoms with van der Waals surface area (Å²) in [6, 6.07) is 1.76. The molecule has 0 aromatic carbocycles. The first-order chi connectivity index (χ1) is 9.22. The zero-order valence-corrected chi connectivity index (χ0v) is 12.5. The number of carbonyl (C=O) groups excluding carboxylic acids is 1. The average molecular weight is 298 g/mol. The Morgan fingerprint density at radius 1 is 1.53 bits per heavy atom. The number of thiocarbonyl (C=S) groups is 1. The Kier molecular flexibility index (Phi) is 5.21. The second-order valence-electron chi connectivity index (χ2n) is 4.40. The lowest BCUT2D eigenvalue weighted by atomic mass is 10.2. The van der Waals surface area contributed by atoms with Gasteiger partial charge in [0.25, 0.3) is 5.91 Å². The molecule has 1 aliphatic heterocycles. The molecule has 0 aliphatic carbocycles. The molecule has 19 heavy (non-hydrogen) atoms. The van der Waals surface area contributed by atoms with E-state index in [1.54, 1.807) is 22.9 Å². The summed E-state index contributed by atoms with van der Waals surface area (Å²) in [6.45, 7) is 1.45. The lowest BCUT2D eigenvalue weighted by molar-refractivity contribution is -0.127. The maximum absolute atomic E-state index is 12.2. The summed E-state index contributed by atoms with van der Waals surface area (Å²) >= 11 is 6.97. The molecule has 1 aliphatic rings. The van der Waals surface area contributed by atoms with Crippen molar-refractivity contribution in [2.24, 2.45) is 0 Å². The molecule has 1 atom stereocenters. The molecule has 0 spiro atoms. The third-order valence-corrected chi connectivity index (χ3v) is 4.03. The Morgan fingerprint density at radius 3 is 3.05 bits per heavy atom. The molecule has 1 fully saturated rings. The Hall–Kier alpha value is -1.08. The Labute approximate surface area is 122 Å². The molecule has 1 N–H and O–H groups in total. The number of thioether (sulfide) groups is 1. The maximum Gasteiger partial charge on any atom is 0.251 e. The molecule has 1 unspecified atom stereocenters. The van der Waals surface area contributed by atoms with Crippen LogP contribution >= 0.6 is 24.0 Å². The van der Waals surface area contributed by atoms with Crippen molar-refractivity contribution in [1.82, 2.24) is 20.0 Å². The van der Waals surface area contributed by atoms with Gasteiger partial charge in [-0.15, -0.1) is 0 Å². The van der Waals surface area contributed by atoms with Crippen LogP contribution in [-0.4, -0.2) is 50.3 Å². The Balaban J connectivity index is 1.79. The maximum atomic E-state index is 12.2. The molecule has 1 aromatic heterocycles. The normalized spacial score (nSPS) is 19.0. The fraction of sp³-hybridized carbons (Fsp3) is 0.583. The van der Waals surface area contributed by atoms with Crippen molar-refractivity contribution in [1.29, 1.82) is 0 Å². The van der Waals surface area contributed by atoms with Crippen molar-refractivity contribution in [2.45, 2.75) is 25.4 Å². The smallest absolute Gasteiger partial charge is 0.251 e. The van der Waals surface area contributed by atoms with Crippen molar-refractivity contribution in [3.63, 3.8) is 0 Å². The third-order valence-electron chi connectivity index (χ3n) is 3.05. The van der Waals surface area contributed by atoms with E-state index >= 15 is 0 Å². The summed E-state index contributed by atoms with van der Waals surface area (Å²) in [7, 11) is 0. The number of nitrogens with zero attached hydrogens (tertiary/aromatic N) is 3. The first kappa shape index (κ1) is 14.3. The van der Waals surface area contributed by atoms with Crippen molar-refractivity contribution in [3.05, 3.63) is 18.5 Å². The van der Waals surface area contributed by atoms with Crippen LogP contribution in [-0.2, 0) is 11.3 Å². The van der Waals surface area contributed by atoms with Gasteiger partial charge in [0.1, 0.15) is 6.04 Å². The van der Waals surface area contributed by atoms with Crippen molar-refractivity contribution < 1.29 is 4.79 Å². The van der Waals surface area contributed by atoms with Gasteiger partial charge in [0, 0.05) is 25.5 Å². The van der Waals surface area contributed by atoms with Gasteiger partial charge in [-0.25, -0.2) is 0 Å². The topological polar surface area (TPSA) is 50.2 Å². The number of amides is 1. The quantitative estimate of drug-likeness (QED) is 0.764. The predicted octanol–water partition coefficient (Wildman–Crippen LogP) is 1.11. The molecule has 1 aromatic rings. The minimum atomic E-state index is -0.135. The number of aryl methyl sites for hydroxylation is 1. The van der Waals surface area contributed by atoms with Crippen LogP contribution in [0.25, 0.3) is 0 Å². The molecule has 0 bridgehead atoms. The SMILES string of the molecule is CSCCC1NC(=S)N(CCCn2cccn2)C1=O. The second-order valence-corrected chi connectivity index (χ2v) is 5.77. The van der Waals surface area contributed by atoms with Crippen LogP contribution < -0.4 is 5.32 Å². The summed E-state index contributed by atoms with van der Waals surface area (Å²) in [4.78, 5) is 13.8. The predicted molar refractivity (Wildman–Crippen MR) is 81.1 cm³/mol. The molecule has 0 saturated carbocycles. The lowest BCUT2D eigenvalue weighted by Crippen LogP contribution is -2.33. The minimum absolute atomic E-state index is 0.111.